The molecular weight excluding hydrogens is 364 g/mol. The van der Waals surface area contributed by atoms with Crippen LogP contribution in [-0.4, -0.2) is 56.0 Å². The van der Waals surface area contributed by atoms with Crippen LogP contribution in [-0.2, 0) is 13.1 Å². The quantitative estimate of drug-likeness (QED) is 0.714. The van der Waals surface area contributed by atoms with E-state index in [0.717, 1.165) is 49.9 Å². The lowest BCUT2D eigenvalue weighted by molar-refractivity contribution is 0.259. The zero-order chi connectivity index (χ0) is 17.5. The van der Waals surface area contributed by atoms with E-state index in [2.05, 4.69) is 55.7 Å². The molecule has 8 nitrogen and oxygen atoms in total. The number of fused-ring (bicyclic) bond motifs is 2. The number of aromatic nitrogens is 5. The third-order valence-electron chi connectivity index (χ3n) is 5.42. The zero-order valence-electron chi connectivity index (χ0n) is 15.4. The smallest absolute Gasteiger partial charge is 0.178 e. The molecule has 144 valence electrons. The van der Waals surface area contributed by atoms with Crippen LogP contribution < -0.4 is 10.6 Å². The van der Waals surface area contributed by atoms with E-state index in [4.69, 9.17) is 5.10 Å². The summed E-state index contributed by atoms with van der Waals surface area (Å²) in [5, 5.41) is 16.1. The fourth-order valence-electron chi connectivity index (χ4n) is 4.00. The van der Waals surface area contributed by atoms with E-state index in [1.807, 2.05) is 4.52 Å². The summed E-state index contributed by atoms with van der Waals surface area (Å²) in [6.07, 6.45) is 6.14. The van der Waals surface area contributed by atoms with Gasteiger partial charge in [0, 0.05) is 31.9 Å². The number of halogens is 1. The van der Waals surface area contributed by atoms with Crippen LogP contribution in [0, 0.1) is 0 Å². The summed E-state index contributed by atoms with van der Waals surface area (Å²) in [6.45, 7) is 5.03. The van der Waals surface area contributed by atoms with Crippen LogP contribution in [0.25, 0.3) is 5.65 Å². The van der Waals surface area contributed by atoms with Crippen LogP contribution in [0.3, 0.4) is 0 Å². The molecule has 3 aromatic rings. The first-order valence-electron chi connectivity index (χ1n) is 9.32. The first-order valence-corrected chi connectivity index (χ1v) is 9.32. The number of rotatable bonds is 3. The average molecular weight is 389 g/mol. The molecule has 1 fully saturated rings. The Bertz CT molecular complexity index is 927. The first-order chi connectivity index (χ1) is 12.8. The molecular formula is C18H25ClN8. The van der Waals surface area contributed by atoms with Gasteiger partial charge in [0.2, 0.25) is 0 Å². The van der Waals surface area contributed by atoms with Crippen molar-refractivity contribution < 1.29 is 0 Å². The number of nitrogens with zero attached hydrogens (tertiary/aromatic N) is 6. The van der Waals surface area contributed by atoms with Crippen LogP contribution in [0.2, 0.25) is 0 Å². The van der Waals surface area contributed by atoms with Gasteiger partial charge in [-0.05, 0) is 44.0 Å². The number of nitrogens with one attached hydrogen (secondary N) is 2. The van der Waals surface area contributed by atoms with Crippen molar-refractivity contribution in [1.29, 1.82) is 0 Å². The molecule has 0 saturated carbocycles. The largest absolute Gasteiger partial charge is 0.336 e. The van der Waals surface area contributed by atoms with Gasteiger partial charge >= 0.3 is 0 Å². The molecule has 3 aromatic heterocycles. The molecule has 1 unspecified atom stereocenters. The predicted octanol–water partition coefficient (Wildman–Crippen LogP) is 2.00. The fraction of sp³-hybridized carbons (Fsp3) is 0.500. The Morgan fingerprint density at radius 1 is 1.26 bits per heavy atom. The lowest BCUT2D eigenvalue weighted by Gasteiger charge is -2.23. The van der Waals surface area contributed by atoms with Gasteiger partial charge in [-0.3, -0.25) is 9.58 Å². The summed E-state index contributed by atoms with van der Waals surface area (Å²) < 4.78 is 3.97. The van der Waals surface area contributed by atoms with Gasteiger partial charge in [-0.1, -0.05) is 0 Å². The van der Waals surface area contributed by atoms with Crippen LogP contribution in [0.15, 0.2) is 24.7 Å². The van der Waals surface area contributed by atoms with Crippen molar-refractivity contribution in [2.24, 2.45) is 0 Å². The second kappa shape index (κ2) is 7.46. The number of pyridine rings is 1. The van der Waals surface area contributed by atoms with E-state index in [1.165, 1.54) is 24.1 Å². The predicted molar refractivity (Wildman–Crippen MR) is 107 cm³/mol. The normalized spacial score (nSPS) is 20.3. The molecule has 0 amide bonds. The number of hydrogen-bond acceptors (Lipinski definition) is 6. The molecule has 2 aliphatic heterocycles. The van der Waals surface area contributed by atoms with Crippen LogP contribution in [0.4, 0.5) is 11.5 Å². The minimum absolute atomic E-state index is 0. The summed E-state index contributed by atoms with van der Waals surface area (Å²) in [6, 6.07) is 4.35. The number of likely N-dealkylation sites (N-methyl/N-ethyl adjacent to an activating group) is 1. The monoisotopic (exact) mass is 388 g/mol. The van der Waals surface area contributed by atoms with Crippen LogP contribution >= 0.6 is 12.4 Å². The minimum Gasteiger partial charge on any atom is -0.336 e. The molecule has 2 aliphatic rings. The van der Waals surface area contributed by atoms with E-state index in [9.17, 15) is 0 Å². The van der Waals surface area contributed by atoms with Gasteiger partial charge in [-0.2, -0.15) is 10.2 Å². The van der Waals surface area contributed by atoms with Crippen molar-refractivity contribution in [2.75, 3.05) is 32.0 Å². The Labute approximate surface area is 164 Å². The van der Waals surface area contributed by atoms with E-state index in [0.29, 0.717) is 5.92 Å². The van der Waals surface area contributed by atoms with Crippen molar-refractivity contribution in [3.8, 4) is 0 Å². The molecule has 2 N–H and O–H groups in total. The Kier molecular flexibility index (Phi) is 5.03. The van der Waals surface area contributed by atoms with Gasteiger partial charge in [-0.25, -0.2) is 9.50 Å². The summed E-state index contributed by atoms with van der Waals surface area (Å²) >= 11 is 0. The summed E-state index contributed by atoms with van der Waals surface area (Å²) in [5.41, 5.74) is 4.34. The Morgan fingerprint density at radius 2 is 2.19 bits per heavy atom. The van der Waals surface area contributed by atoms with Crippen molar-refractivity contribution in [3.05, 3.63) is 35.9 Å². The summed E-state index contributed by atoms with van der Waals surface area (Å²) in [7, 11) is 2.14. The molecule has 1 saturated heterocycles. The van der Waals surface area contributed by atoms with Crippen LogP contribution in [0.1, 0.15) is 30.0 Å². The topological polar surface area (TPSA) is 75.3 Å². The maximum absolute atomic E-state index is 4.72. The minimum atomic E-state index is 0. The fourth-order valence-corrected chi connectivity index (χ4v) is 4.00. The summed E-state index contributed by atoms with van der Waals surface area (Å²) in [4.78, 5) is 6.74. The number of anilines is 2. The van der Waals surface area contributed by atoms with Gasteiger partial charge in [0.25, 0.3) is 0 Å². The number of hydrogen-bond donors (Lipinski definition) is 2. The molecule has 1 atom stereocenters. The molecule has 0 aliphatic carbocycles. The molecule has 5 rings (SSSR count). The van der Waals surface area contributed by atoms with Gasteiger partial charge in [0.05, 0.1) is 17.9 Å². The van der Waals surface area contributed by atoms with E-state index < -0.39 is 0 Å². The average Bonchev–Trinajstić information content (AvgIpc) is 3.28. The second-order valence-corrected chi connectivity index (χ2v) is 7.37. The van der Waals surface area contributed by atoms with Gasteiger partial charge in [0.1, 0.15) is 6.33 Å². The van der Waals surface area contributed by atoms with E-state index in [1.54, 1.807) is 6.33 Å². The molecule has 0 bridgehead atoms. The Balaban J connectivity index is 0.00000180. The Hall–Kier alpha value is -2.16. The zero-order valence-corrected chi connectivity index (χ0v) is 16.2. The maximum atomic E-state index is 4.72. The lowest BCUT2D eigenvalue weighted by atomic mass is 9.92. The standard InChI is InChI=1S/C18H24N8.ClH/c1-24-5-6-25-15(11-24)8-17(23-25)22-16-7-14(13-3-2-4-19-9-13)10-26-18(16)20-12-21-26;/h7-8,10,12-13,19H,2-6,9,11H2,1H3,(H,22,23);1H. The second-order valence-electron chi connectivity index (χ2n) is 7.37. The lowest BCUT2D eigenvalue weighted by Crippen LogP contribution is -2.30. The van der Waals surface area contributed by atoms with Gasteiger partial charge in [-0.15, -0.1) is 12.4 Å². The molecule has 0 aromatic carbocycles. The summed E-state index contributed by atoms with van der Waals surface area (Å²) in [5.74, 6) is 1.39. The molecule has 0 spiro atoms. The van der Waals surface area contributed by atoms with Crippen molar-refractivity contribution in [2.45, 2.75) is 31.8 Å². The van der Waals surface area contributed by atoms with Crippen molar-refractivity contribution in [3.63, 3.8) is 0 Å². The van der Waals surface area contributed by atoms with Gasteiger partial charge < -0.3 is 10.6 Å². The first kappa shape index (κ1) is 18.2. The molecule has 5 heterocycles. The van der Waals surface area contributed by atoms with Crippen LogP contribution in [0.5, 0.6) is 0 Å². The Morgan fingerprint density at radius 3 is 3.04 bits per heavy atom. The van der Waals surface area contributed by atoms with E-state index in [-0.39, 0.29) is 12.4 Å². The van der Waals surface area contributed by atoms with Crippen molar-refractivity contribution in [1.82, 2.24) is 34.6 Å². The highest BCUT2D eigenvalue weighted by Gasteiger charge is 2.19. The molecule has 9 heteroatoms. The third-order valence-corrected chi connectivity index (χ3v) is 5.42. The highest BCUT2D eigenvalue weighted by molar-refractivity contribution is 5.85. The number of piperidine rings is 1. The highest BCUT2D eigenvalue weighted by Crippen LogP contribution is 2.29. The van der Waals surface area contributed by atoms with Gasteiger partial charge in [0.15, 0.2) is 11.5 Å². The van der Waals surface area contributed by atoms with Crippen molar-refractivity contribution >= 4 is 29.6 Å². The highest BCUT2D eigenvalue weighted by atomic mass is 35.5. The SMILES string of the molecule is CN1CCn2nc(Nc3cc(C4CCCNC4)cn4ncnc34)cc2C1.Cl. The van der Waals surface area contributed by atoms with E-state index >= 15 is 0 Å². The molecule has 27 heavy (non-hydrogen) atoms. The third kappa shape index (κ3) is 3.52. The maximum Gasteiger partial charge on any atom is 0.178 e. The molecule has 0 radical (unpaired) electrons.